The van der Waals surface area contributed by atoms with Crippen molar-refractivity contribution in [3.8, 4) is 5.75 Å². The number of aliphatic carboxylic acids is 1. The molecule has 1 aromatic rings. The van der Waals surface area contributed by atoms with E-state index in [1.165, 1.54) is 0 Å². The van der Waals surface area contributed by atoms with Gasteiger partial charge in [0.05, 0.1) is 5.92 Å². The molecule has 0 bridgehead atoms. The normalized spacial score (nSPS) is 12.5. The van der Waals surface area contributed by atoms with Gasteiger partial charge in [0.25, 0.3) is 0 Å². The molecule has 0 aliphatic rings. The number of nitrogens with two attached hydrogens (primary N) is 1. The maximum Gasteiger partial charge on any atom is 0.312 e. The van der Waals surface area contributed by atoms with Crippen molar-refractivity contribution >= 4 is 5.97 Å². The predicted molar refractivity (Wildman–Crippen MR) is 61.7 cm³/mol. The first kappa shape index (κ1) is 12.5. The molecule has 4 N–H and O–H groups in total. The molecule has 4 nitrogen and oxygen atoms in total. The fourth-order valence-electron chi connectivity index (χ4n) is 1.82. The molecule has 0 heterocycles. The van der Waals surface area contributed by atoms with Crippen LogP contribution < -0.4 is 5.73 Å². The van der Waals surface area contributed by atoms with E-state index in [4.69, 9.17) is 10.8 Å². The van der Waals surface area contributed by atoms with Crippen LogP contribution in [-0.2, 0) is 4.79 Å². The summed E-state index contributed by atoms with van der Waals surface area (Å²) in [6, 6.07) is 1.70. The Morgan fingerprint density at radius 3 is 2.38 bits per heavy atom. The summed E-state index contributed by atoms with van der Waals surface area (Å²) >= 11 is 0. The highest BCUT2D eigenvalue weighted by Crippen LogP contribution is 2.31. The summed E-state index contributed by atoms with van der Waals surface area (Å²) in [5.41, 5.74) is 8.34. The molecule has 16 heavy (non-hydrogen) atoms. The lowest BCUT2D eigenvalue weighted by atomic mass is 9.90. The number of hydrogen-bond acceptors (Lipinski definition) is 3. The average molecular weight is 223 g/mol. The van der Waals surface area contributed by atoms with Crippen LogP contribution in [-0.4, -0.2) is 22.7 Å². The molecule has 1 atom stereocenters. The molecule has 4 heteroatoms. The van der Waals surface area contributed by atoms with Gasteiger partial charge < -0.3 is 15.9 Å². The summed E-state index contributed by atoms with van der Waals surface area (Å²) in [5.74, 6) is -1.42. The molecule has 0 fully saturated rings. The van der Waals surface area contributed by atoms with E-state index in [1.807, 2.05) is 0 Å². The third kappa shape index (κ3) is 2.02. The lowest BCUT2D eigenvalue weighted by Crippen LogP contribution is -2.22. The summed E-state index contributed by atoms with van der Waals surface area (Å²) in [7, 11) is 0. The van der Waals surface area contributed by atoms with Gasteiger partial charge in [-0.1, -0.05) is 6.07 Å². The van der Waals surface area contributed by atoms with Crippen LogP contribution in [0, 0.1) is 20.8 Å². The van der Waals surface area contributed by atoms with E-state index in [9.17, 15) is 9.90 Å². The maximum absolute atomic E-state index is 11.0. The van der Waals surface area contributed by atoms with E-state index in [1.54, 1.807) is 26.8 Å². The van der Waals surface area contributed by atoms with Gasteiger partial charge in [-0.15, -0.1) is 0 Å². The van der Waals surface area contributed by atoms with E-state index in [0.29, 0.717) is 11.1 Å². The van der Waals surface area contributed by atoms with Crippen LogP contribution in [0.2, 0.25) is 0 Å². The third-order valence-corrected chi connectivity index (χ3v) is 3.01. The van der Waals surface area contributed by atoms with Gasteiger partial charge in [-0.05, 0) is 43.0 Å². The standard InChI is InChI=1S/C12H17NO3/c1-6-4-9(10(5-13)12(15)16)7(2)8(3)11(6)14/h4,10,14H,5,13H2,1-3H3,(H,15,16). The Morgan fingerprint density at radius 2 is 1.94 bits per heavy atom. The SMILES string of the molecule is Cc1cc(C(CN)C(=O)O)c(C)c(C)c1O. The zero-order chi connectivity index (χ0) is 12.5. The second-order valence-corrected chi connectivity index (χ2v) is 4.01. The predicted octanol–water partition coefficient (Wildman–Crippen LogP) is 1.44. The molecule has 0 radical (unpaired) electrons. The van der Waals surface area contributed by atoms with E-state index < -0.39 is 11.9 Å². The molecule has 0 aliphatic carbocycles. The highest BCUT2D eigenvalue weighted by atomic mass is 16.4. The fraction of sp³-hybridized carbons (Fsp3) is 0.417. The average Bonchev–Trinajstić information content (AvgIpc) is 2.23. The Hall–Kier alpha value is -1.55. The van der Waals surface area contributed by atoms with Crippen LogP contribution in [0.3, 0.4) is 0 Å². The lowest BCUT2D eigenvalue weighted by Gasteiger charge is -2.17. The third-order valence-electron chi connectivity index (χ3n) is 3.01. The number of rotatable bonds is 3. The number of carboxylic acids is 1. The number of phenols is 1. The minimum Gasteiger partial charge on any atom is -0.507 e. The molecule has 0 saturated heterocycles. The first-order valence-corrected chi connectivity index (χ1v) is 5.12. The van der Waals surface area contributed by atoms with Crippen LogP contribution in [0.25, 0.3) is 0 Å². The van der Waals surface area contributed by atoms with Gasteiger partial charge >= 0.3 is 5.97 Å². The van der Waals surface area contributed by atoms with Gasteiger partial charge in [0, 0.05) is 6.54 Å². The Bertz CT molecular complexity index is 427. The van der Waals surface area contributed by atoms with Crippen molar-refractivity contribution in [3.05, 3.63) is 28.3 Å². The lowest BCUT2D eigenvalue weighted by molar-refractivity contribution is -0.138. The molecule has 1 rings (SSSR count). The van der Waals surface area contributed by atoms with Crippen molar-refractivity contribution in [2.45, 2.75) is 26.7 Å². The van der Waals surface area contributed by atoms with E-state index in [2.05, 4.69) is 0 Å². The highest BCUT2D eigenvalue weighted by Gasteiger charge is 2.22. The molecule has 88 valence electrons. The summed E-state index contributed by atoms with van der Waals surface area (Å²) < 4.78 is 0. The number of hydrogen-bond donors (Lipinski definition) is 3. The van der Waals surface area contributed by atoms with Crippen molar-refractivity contribution in [2.24, 2.45) is 5.73 Å². The van der Waals surface area contributed by atoms with Gasteiger partial charge in [-0.25, -0.2) is 0 Å². The molecule has 0 saturated carbocycles. The summed E-state index contributed by atoms with van der Waals surface area (Å²) in [4.78, 5) is 11.0. The number of carboxylic acid groups (broad SMARTS) is 1. The van der Waals surface area contributed by atoms with Crippen LogP contribution in [0.1, 0.15) is 28.2 Å². The monoisotopic (exact) mass is 223 g/mol. The summed E-state index contributed by atoms with van der Waals surface area (Å²) in [6.45, 7) is 5.38. The molecule has 1 unspecified atom stereocenters. The molecule has 0 aliphatic heterocycles. The van der Waals surface area contributed by atoms with Crippen LogP contribution in [0.5, 0.6) is 5.75 Å². The van der Waals surface area contributed by atoms with Gasteiger partial charge in [0.1, 0.15) is 5.75 Å². The van der Waals surface area contributed by atoms with Crippen molar-refractivity contribution in [1.29, 1.82) is 0 Å². The Kier molecular flexibility index (Phi) is 3.55. The highest BCUT2D eigenvalue weighted by molar-refractivity contribution is 5.77. The first-order chi connectivity index (χ1) is 7.40. The zero-order valence-electron chi connectivity index (χ0n) is 9.74. The van der Waals surface area contributed by atoms with Crippen molar-refractivity contribution in [2.75, 3.05) is 6.54 Å². The quantitative estimate of drug-likeness (QED) is 0.724. The second-order valence-electron chi connectivity index (χ2n) is 4.01. The van der Waals surface area contributed by atoms with Crippen molar-refractivity contribution in [3.63, 3.8) is 0 Å². The topological polar surface area (TPSA) is 83.6 Å². The second kappa shape index (κ2) is 4.53. The van der Waals surface area contributed by atoms with Gasteiger partial charge in [0.2, 0.25) is 0 Å². The molecule has 1 aromatic carbocycles. The van der Waals surface area contributed by atoms with E-state index in [-0.39, 0.29) is 12.3 Å². The van der Waals surface area contributed by atoms with Crippen molar-refractivity contribution < 1.29 is 15.0 Å². The summed E-state index contributed by atoms with van der Waals surface area (Å²) in [5, 5.41) is 18.8. The van der Waals surface area contributed by atoms with Gasteiger partial charge in [0.15, 0.2) is 0 Å². The minimum absolute atomic E-state index is 0.0554. The van der Waals surface area contributed by atoms with Crippen LogP contribution in [0.15, 0.2) is 6.07 Å². The molecule has 0 aromatic heterocycles. The summed E-state index contributed by atoms with van der Waals surface area (Å²) in [6.07, 6.45) is 0. The zero-order valence-corrected chi connectivity index (χ0v) is 9.74. The largest absolute Gasteiger partial charge is 0.507 e. The molecular formula is C12H17NO3. The van der Waals surface area contributed by atoms with Crippen molar-refractivity contribution in [1.82, 2.24) is 0 Å². The molecule has 0 amide bonds. The van der Waals surface area contributed by atoms with Crippen LogP contribution in [0.4, 0.5) is 0 Å². The number of aryl methyl sites for hydroxylation is 1. The molecular weight excluding hydrogens is 206 g/mol. The van der Waals surface area contributed by atoms with E-state index >= 15 is 0 Å². The minimum atomic E-state index is -0.935. The first-order valence-electron chi connectivity index (χ1n) is 5.12. The maximum atomic E-state index is 11.0. The van der Waals surface area contributed by atoms with Gasteiger partial charge in [-0.3, -0.25) is 4.79 Å². The number of benzene rings is 1. The molecule has 0 spiro atoms. The Morgan fingerprint density at radius 1 is 1.38 bits per heavy atom. The Balaban J connectivity index is 3.39. The van der Waals surface area contributed by atoms with Crippen LogP contribution >= 0.6 is 0 Å². The number of aromatic hydroxyl groups is 1. The van der Waals surface area contributed by atoms with E-state index in [0.717, 1.165) is 11.1 Å². The number of carbonyl (C=O) groups is 1. The Labute approximate surface area is 94.7 Å². The smallest absolute Gasteiger partial charge is 0.312 e. The number of phenolic OH excluding ortho intramolecular Hbond substituents is 1. The fourth-order valence-corrected chi connectivity index (χ4v) is 1.82. The van der Waals surface area contributed by atoms with Gasteiger partial charge in [-0.2, -0.15) is 0 Å².